The van der Waals surface area contributed by atoms with E-state index < -0.39 is 5.60 Å². The number of hydrogen-bond donors (Lipinski definition) is 1. The second-order valence-electron chi connectivity index (χ2n) is 6.10. The van der Waals surface area contributed by atoms with E-state index in [1.165, 1.54) is 0 Å². The van der Waals surface area contributed by atoms with Crippen LogP contribution in [-0.4, -0.2) is 55.5 Å². The number of carbonyl (C=O) groups is 1. The van der Waals surface area contributed by atoms with Crippen LogP contribution in [0.3, 0.4) is 0 Å². The maximum atomic E-state index is 11.9. The molecule has 0 rings (SSSR count). The van der Waals surface area contributed by atoms with Crippen LogP contribution in [-0.2, 0) is 9.47 Å². The molecule has 120 valence electrons. The molecule has 0 aliphatic rings. The van der Waals surface area contributed by atoms with Crippen LogP contribution in [0.1, 0.15) is 48.0 Å². The number of amides is 1. The molecule has 0 saturated carbocycles. The van der Waals surface area contributed by atoms with Crippen molar-refractivity contribution in [1.29, 1.82) is 0 Å². The highest BCUT2D eigenvalue weighted by atomic mass is 16.6. The summed E-state index contributed by atoms with van der Waals surface area (Å²) in [7, 11) is 1.71. The Balaban J connectivity index is 3.99. The van der Waals surface area contributed by atoms with Gasteiger partial charge in [0.05, 0.1) is 6.10 Å². The van der Waals surface area contributed by atoms with Crippen molar-refractivity contribution in [3.63, 3.8) is 0 Å². The van der Waals surface area contributed by atoms with Gasteiger partial charge in [-0.15, -0.1) is 0 Å². The van der Waals surface area contributed by atoms with E-state index in [0.717, 1.165) is 13.0 Å². The lowest BCUT2D eigenvalue weighted by Gasteiger charge is -2.27. The molecule has 0 aliphatic heterocycles. The molecule has 0 aromatic carbocycles. The van der Waals surface area contributed by atoms with E-state index in [9.17, 15) is 4.79 Å². The highest BCUT2D eigenvalue weighted by Gasteiger charge is 2.20. The van der Waals surface area contributed by atoms with E-state index in [0.29, 0.717) is 19.1 Å². The molecule has 0 saturated heterocycles. The lowest BCUT2D eigenvalue weighted by Crippen LogP contribution is -2.40. The molecule has 2 atom stereocenters. The number of hydrogen-bond acceptors (Lipinski definition) is 4. The van der Waals surface area contributed by atoms with Crippen molar-refractivity contribution in [2.45, 2.75) is 65.7 Å². The first-order valence-electron chi connectivity index (χ1n) is 7.45. The molecule has 5 nitrogen and oxygen atoms in total. The van der Waals surface area contributed by atoms with Crippen LogP contribution < -0.4 is 5.32 Å². The third-order valence-corrected chi connectivity index (χ3v) is 3.18. The van der Waals surface area contributed by atoms with E-state index in [1.807, 2.05) is 34.6 Å². The minimum atomic E-state index is -0.439. The Morgan fingerprint density at radius 1 is 1.30 bits per heavy atom. The summed E-state index contributed by atoms with van der Waals surface area (Å²) in [6, 6.07) is 0.302. The summed E-state index contributed by atoms with van der Waals surface area (Å²) in [5.41, 5.74) is -0.439. The number of ether oxygens (including phenoxy) is 2. The molecule has 0 bridgehead atoms. The third-order valence-electron chi connectivity index (χ3n) is 3.18. The normalized spacial score (nSPS) is 14.8. The number of carbonyl (C=O) groups excluding carboxylic acids is 1. The Morgan fingerprint density at radius 3 is 2.35 bits per heavy atom. The number of nitrogens with one attached hydrogen (secondary N) is 1. The monoisotopic (exact) mass is 288 g/mol. The van der Waals surface area contributed by atoms with Gasteiger partial charge >= 0.3 is 6.09 Å². The van der Waals surface area contributed by atoms with Gasteiger partial charge in [-0.3, -0.25) is 0 Å². The molecule has 2 unspecified atom stereocenters. The van der Waals surface area contributed by atoms with Gasteiger partial charge in [0.15, 0.2) is 0 Å². The zero-order valence-electron chi connectivity index (χ0n) is 14.2. The van der Waals surface area contributed by atoms with Crippen LogP contribution in [0.4, 0.5) is 4.79 Å². The van der Waals surface area contributed by atoms with Crippen LogP contribution in [0.2, 0.25) is 0 Å². The van der Waals surface area contributed by atoms with E-state index >= 15 is 0 Å². The zero-order chi connectivity index (χ0) is 15.8. The fourth-order valence-corrected chi connectivity index (χ4v) is 1.67. The number of nitrogens with zero attached hydrogens (tertiary/aromatic N) is 1. The summed E-state index contributed by atoms with van der Waals surface area (Å²) in [6.07, 6.45) is 0.842. The Kier molecular flexibility index (Phi) is 8.81. The average molecular weight is 288 g/mol. The summed E-state index contributed by atoms with van der Waals surface area (Å²) >= 11 is 0. The first kappa shape index (κ1) is 19.2. The van der Waals surface area contributed by atoms with Crippen LogP contribution in [0, 0.1) is 0 Å². The molecular weight excluding hydrogens is 256 g/mol. The number of methoxy groups -OCH3 is 1. The van der Waals surface area contributed by atoms with E-state index in [-0.39, 0.29) is 12.2 Å². The lowest BCUT2D eigenvalue weighted by molar-refractivity contribution is 0.0256. The predicted octanol–water partition coefficient (Wildman–Crippen LogP) is 2.65. The van der Waals surface area contributed by atoms with Gasteiger partial charge in [-0.2, -0.15) is 0 Å². The summed E-state index contributed by atoms with van der Waals surface area (Å²) in [6.45, 7) is 14.0. The second-order valence-corrected chi connectivity index (χ2v) is 6.10. The van der Waals surface area contributed by atoms with Crippen LogP contribution >= 0.6 is 0 Å². The molecule has 0 aromatic rings. The molecule has 1 N–H and O–H groups in total. The van der Waals surface area contributed by atoms with Gasteiger partial charge < -0.3 is 19.7 Å². The average Bonchev–Trinajstić information content (AvgIpc) is 2.35. The predicted molar refractivity (Wildman–Crippen MR) is 82.0 cm³/mol. The van der Waals surface area contributed by atoms with Crippen molar-refractivity contribution < 1.29 is 14.3 Å². The van der Waals surface area contributed by atoms with Crippen molar-refractivity contribution in [3.8, 4) is 0 Å². The maximum Gasteiger partial charge on any atom is 0.410 e. The van der Waals surface area contributed by atoms with Crippen molar-refractivity contribution in [2.24, 2.45) is 0 Å². The van der Waals surface area contributed by atoms with Gasteiger partial charge in [-0.05, 0) is 54.5 Å². The standard InChI is InChI=1S/C15H32N2O3/c1-8-17(14(18)20-15(4,5)6)11-9-10-16-12(2)13(3)19-7/h12-13,16H,8-11H2,1-7H3. The first-order valence-corrected chi connectivity index (χ1v) is 7.45. The first-order chi connectivity index (χ1) is 9.21. The van der Waals surface area contributed by atoms with E-state index in [2.05, 4.69) is 12.2 Å². The second kappa shape index (κ2) is 9.19. The molecule has 0 aliphatic carbocycles. The summed E-state index contributed by atoms with van der Waals surface area (Å²) in [5.74, 6) is 0. The molecular formula is C15H32N2O3. The SMILES string of the molecule is CCN(CCCNC(C)C(C)OC)C(=O)OC(C)(C)C. The summed E-state index contributed by atoms with van der Waals surface area (Å²) in [4.78, 5) is 13.7. The van der Waals surface area contributed by atoms with Gasteiger partial charge in [0, 0.05) is 26.2 Å². The van der Waals surface area contributed by atoms with Gasteiger partial charge in [0.2, 0.25) is 0 Å². The fraction of sp³-hybridized carbons (Fsp3) is 0.933. The van der Waals surface area contributed by atoms with Crippen molar-refractivity contribution in [1.82, 2.24) is 10.2 Å². The molecule has 1 amide bonds. The van der Waals surface area contributed by atoms with Crippen molar-refractivity contribution in [2.75, 3.05) is 26.7 Å². The largest absolute Gasteiger partial charge is 0.444 e. The maximum absolute atomic E-state index is 11.9. The molecule has 0 radical (unpaired) electrons. The summed E-state index contributed by atoms with van der Waals surface area (Å²) < 4.78 is 10.6. The highest BCUT2D eigenvalue weighted by molar-refractivity contribution is 5.68. The smallest absolute Gasteiger partial charge is 0.410 e. The molecule has 20 heavy (non-hydrogen) atoms. The Hall–Kier alpha value is -0.810. The molecule has 0 fully saturated rings. The van der Waals surface area contributed by atoms with Crippen molar-refractivity contribution in [3.05, 3.63) is 0 Å². The zero-order valence-corrected chi connectivity index (χ0v) is 14.2. The topological polar surface area (TPSA) is 50.8 Å². The van der Waals surface area contributed by atoms with Gasteiger partial charge in [-0.1, -0.05) is 0 Å². The van der Waals surface area contributed by atoms with Gasteiger partial charge in [0.25, 0.3) is 0 Å². The van der Waals surface area contributed by atoms with Crippen LogP contribution in [0.5, 0.6) is 0 Å². The summed E-state index contributed by atoms with van der Waals surface area (Å²) in [5, 5.41) is 3.40. The van der Waals surface area contributed by atoms with Crippen LogP contribution in [0.15, 0.2) is 0 Å². The van der Waals surface area contributed by atoms with Crippen molar-refractivity contribution >= 4 is 6.09 Å². The fourth-order valence-electron chi connectivity index (χ4n) is 1.67. The molecule has 0 heterocycles. The minimum Gasteiger partial charge on any atom is -0.444 e. The molecule has 5 heteroatoms. The van der Waals surface area contributed by atoms with Gasteiger partial charge in [0.1, 0.15) is 5.60 Å². The number of rotatable bonds is 8. The molecule has 0 aromatic heterocycles. The van der Waals surface area contributed by atoms with E-state index in [1.54, 1.807) is 12.0 Å². The third kappa shape index (κ3) is 8.38. The molecule has 0 spiro atoms. The quantitative estimate of drug-likeness (QED) is 0.698. The van der Waals surface area contributed by atoms with E-state index in [4.69, 9.17) is 9.47 Å². The lowest BCUT2D eigenvalue weighted by atomic mass is 10.2. The Morgan fingerprint density at radius 2 is 1.90 bits per heavy atom. The minimum absolute atomic E-state index is 0.183. The highest BCUT2D eigenvalue weighted by Crippen LogP contribution is 2.10. The Labute approximate surface area is 124 Å². The Bertz CT molecular complexity index is 277. The van der Waals surface area contributed by atoms with Crippen LogP contribution in [0.25, 0.3) is 0 Å². The van der Waals surface area contributed by atoms with Gasteiger partial charge in [-0.25, -0.2) is 4.79 Å².